The minimum atomic E-state index is 0.253. The molecule has 13 heavy (non-hydrogen) atoms. The number of terminal acetylenes is 1. The first-order chi connectivity index (χ1) is 6.12. The van der Waals surface area contributed by atoms with Crippen LogP contribution in [0.5, 0.6) is 0 Å². The van der Waals surface area contributed by atoms with Crippen molar-refractivity contribution >= 4 is 0 Å². The van der Waals surface area contributed by atoms with Crippen molar-refractivity contribution in [3.63, 3.8) is 0 Å². The number of rotatable bonds is 4. The summed E-state index contributed by atoms with van der Waals surface area (Å²) in [5.74, 6) is 2.63. The molecule has 2 unspecified atom stereocenters. The molecule has 1 fully saturated rings. The van der Waals surface area contributed by atoms with Gasteiger partial charge in [0.15, 0.2) is 0 Å². The summed E-state index contributed by atoms with van der Waals surface area (Å²) in [4.78, 5) is 0. The van der Waals surface area contributed by atoms with Gasteiger partial charge in [-0.3, -0.25) is 0 Å². The maximum atomic E-state index is 5.36. The van der Waals surface area contributed by atoms with Crippen LogP contribution >= 0.6 is 0 Å². The highest BCUT2D eigenvalue weighted by Gasteiger charge is 2.47. The summed E-state index contributed by atoms with van der Waals surface area (Å²) in [5.41, 5.74) is 0.253. The minimum Gasteiger partial charge on any atom is -0.381 e. The molecule has 0 amide bonds. The van der Waals surface area contributed by atoms with Crippen molar-refractivity contribution in [1.29, 1.82) is 0 Å². The first-order valence-electron chi connectivity index (χ1n) is 4.82. The number of nitrogens with one attached hydrogen (secondary N) is 1. The van der Waals surface area contributed by atoms with Crippen LogP contribution in [0.3, 0.4) is 0 Å². The minimum absolute atomic E-state index is 0.253. The van der Waals surface area contributed by atoms with Crippen LogP contribution in [0.1, 0.15) is 26.7 Å². The van der Waals surface area contributed by atoms with Gasteiger partial charge in [0.2, 0.25) is 0 Å². The molecule has 2 heteroatoms. The second kappa shape index (κ2) is 4.13. The molecule has 1 rings (SSSR count). The molecule has 1 aliphatic rings. The van der Waals surface area contributed by atoms with Crippen molar-refractivity contribution < 1.29 is 4.74 Å². The Balaban J connectivity index is 2.28. The van der Waals surface area contributed by atoms with Crippen molar-refractivity contribution in [3.8, 4) is 12.3 Å². The largest absolute Gasteiger partial charge is 0.381 e. The molecule has 0 aromatic rings. The molecule has 0 aromatic carbocycles. The molecule has 0 radical (unpaired) electrons. The summed E-state index contributed by atoms with van der Waals surface area (Å²) in [7, 11) is 1.78. The van der Waals surface area contributed by atoms with Gasteiger partial charge in [-0.1, -0.05) is 13.8 Å². The van der Waals surface area contributed by atoms with Crippen molar-refractivity contribution in [1.82, 2.24) is 5.32 Å². The van der Waals surface area contributed by atoms with E-state index >= 15 is 0 Å². The Labute approximate surface area is 81.0 Å². The molecule has 1 N–H and O–H groups in total. The summed E-state index contributed by atoms with van der Waals surface area (Å²) in [6.07, 6.45) is 7.49. The number of hydrogen-bond donors (Lipinski definition) is 1. The summed E-state index contributed by atoms with van der Waals surface area (Å²) < 4.78 is 5.36. The van der Waals surface area contributed by atoms with E-state index in [2.05, 4.69) is 25.1 Å². The summed E-state index contributed by atoms with van der Waals surface area (Å²) in [6.45, 7) is 5.39. The second-order valence-corrected chi connectivity index (χ2v) is 4.24. The lowest BCUT2D eigenvalue weighted by Gasteiger charge is -2.51. The smallest absolute Gasteiger partial charge is 0.0652 e. The summed E-state index contributed by atoms with van der Waals surface area (Å²) >= 11 is 0. The van der Waals surface area contributed by atoms with E-state index in [-0.39, 0.29) is 5.41 Å². The second-order valence-electron chi connectivity index (χ2n) is 4.24. The van der Waals surface area contributed by atoms with E-state index in [0.717, 1.165) is 19.4 Å². The Morgan fingerprint density at radius 2 is 2.31 bits per heavy atom. The number of methoxy groups -OCH3 is 1. The van der Waals surface area contributed by atoms with Gasteiger partial charge in [-0.05, 0) is 6.42 Å². The predicted molar refractivity (Wildman–Crippen MR) is 54.4 cm³/mol. The fraction of sp³-hybridized carbons (Fsp3) is 0.818. The fourth-order valence-electron chi connectivity index (χ4n) is 1.95. The molecule has 0 aliphatic heterocycles. The van der Waals surface area contributed by atoms with Gasteiger partial charge in [-0.15, -0.1) is 12.3 Å². The zero-order valence-electron chi connectivity index (χ0n) is 8.76. The van der Waals surface area contributed by atoms with E-state index in [4.69, 9.17) is 11.2 Å². The van der Waals surface area contributed by atoms with Crippen LogP contribution in [0, 0.1) is 17.8 Å². The third-order valence-corrected chi connectivity index (χ3v) is 3.12. The monoisotopic (exact) mass is 181 g/mol. The maximum Gasteiger partial charge on any atom is 0.0652 e. The molecular formula is C11H19NO. The molecule has 74 valence electrons. The van der Waals surface area contributed by atoms with Crippen LogP contribution in [0.25, 0.3) is 0 Å². The molecule has 0 heterocycles. The third kappa shape index (κ3) is 2.04. The highest BCUT2D eigenvalue weighted by molar-refractivity contribution is 5.02. The van der Waals surface area contributed by atoms with Crippen LogP contribution in [0.15, 0.2) is 0 Å². The van der Waals surface area contributed by atoms with Crippen LogP contribution < -0.4 is 5.32 Å². The molecular weight excluding hydrogens is 162 g/mol. The molecule has 0 bridgehead atoms. The van der Waals surface area contributed by atoms with E-state index in [1.165, 1.54) is 0 Å². The molecule has 0 aromatic heterocycles. The zero-order valence-corrected chi connectivity index (χ0v) is 8.76. The van der Waals surface area contributed by atoms with Gasteiger partial charge >= 0.3 is 0 Å². The van der Waals surface area contributed by atoms with Gasteiger partial charge in [0.1, 0.15) is 0 Å². The topological polar surface area (TPSA) is 21.3 Å². The average molecular weight is 181 g/mol. The first-order valence-corrected chi connectivity index (χ1v) is 4.82. The van der Waals surface area contributed by atoms with Gasteiger partial charge < -0.3 is 10.1 Å². The normalized spacial score (nSPS) is 30.6. The molecule has 1 aliphatic carbocycles. The van der Waals surface area contributed by atoms with Crippen LogP contribution in [-0.4, -0.2) is 25.8 Å². The van der Waals surface area contributed by atoms with E-state index in [9.17, 15) is 0 Å². The van der Waals surface area contributed by atoms with E-state index < -0.39 is 0 Å². The van der Waals surface area contributed by atoms with Crippen molar-refractivity contribution in [2.45, 2.75) is 38.8 Å². The molecule has 2 atom stereocenters. The number of hydrogen-bond acceptors (Lipinski definition) is 2. The SMILES string of the molecule is C#CCCNC1CC(OC)C1(C)C. The molecule has 1 saturated carbocycles. The van der Waals surface area contributed by atoms with Gasteiger partial charge in [-0.25, -0.2) is 0 Å². The average Bonchev–Trinajstić information content (AvgIpc) is 2.10. The van der Waals surface area contributed by atoms with Gasteiger partial charge in [0.05, 0.1) is 6.10 Å². The lowest BCUT2D eigenvalue weighted by molar-refractivity contribution is -0.0970. The lowest BCUT2D eigenvalue weighted by atomic mass is 9.64. The third-order valence-electron chi connectivity index (χ3n) is 3.12. The Hall–Kier alpha value is -0.520. The Kier molecular flexibility index (Phi) is 3.35. The Morgan fingerprint density at radius 3 is 2.77 bits per heavy atom. The zero-order chi connectivity index (χ0) is 9.90. The lowest BCUT2D eigenvalue weighted by Crippen LogP contribution is -2.60. The van der Waals surface area contributed by atoms with Crippen molar-refractivity contribution in [3.05, 3.63) is 0 Å². The fourth-order valence-corrected chi connectivity index (χ4v) is 1.95. The van der Waals surface area contributed by atoms with E-state index in [1.54, 1.807) is 7.11 Å². The predicted octanol–water partition coefficient (Wildman–Crippen LogP) is 1.41. The Bertz CT molecular complexity index is 205. The van der Waals surface area contributed by atoms with E-state index in [0.29, 0.717) is 12.1 Å². The molecule has 0 spiro atoms. The summed E-state index contributed by atoms with van der Waals surface area (Å²) in [5, 5.41) is 3.45. The van der Waals surface area contributed by atoms with Crippen molar-refractivity contribution in [2.24, 2.45) is 5.41 Å². The highest BCUT2D eigenvalue weighted by atomic mass is 16.5. The van der Waals surface area contributed by atoms with E-state index in [1.807, 2.05) is 0 Å². The molecule has 2 nitrogen and oxygen atoms in total. The van der Waals surface area contributed by atoms with Crippen LogP contribution in [0.4, 0.5) is 0 Å². The quantitative estimate of drug-likeness (QED) is 0.523. The van der Waals surface area contributed by atoms with Gasteiger partial charge in [0, 0.05) is 31.5 Å². The van der Waals surface area contributed by atoms with Crippen LogP contribution in [-0.2, 0) is 4.74 Å². The van der Waals surface area contributed by atoms with Crippen molar-refractivity contribution in [2.75, 3.05) is 13.7 Å². The Morgan fingerprint density at radius 1 is 1.62 bits per heavy atom. The number of ether oxygens (including phenoxy) is 1. The standard InChI is InChI=1S/C11H19NO/c1-5-6-7-12-9-8-10(13-4)11(9,2)3/h1,9-10,12H,6-8H2,2-4H3. The summed E-state index contributed by atoms with van der Waals surface area (Å²) in [6, 6.07) is 0.561. The molecule has 0 saturated heterocycles. The highest BCUT2D eigenvalue weighted by Crippen LogP contribution is 2.42. The van der Waals surface area contributed by atoms with Crippen LogP contribution in [0.2, 0.25) is 0 Å². The maximum absolute atomic E-state index is 5.36. The van der Waals surface area contributed by atoms with Gasteiger partial charge in [0.25, 0.3) is 0 Å². The van der Waals surface area contributed by atoms with Gasteiger partial charge in [-0.2, -0.15) is 0 Å². The first kappa shape index (κ1) is 10.6.